The van der Waals surface area contributed by atoms with E-state index in [0.29, 0.717) is 35.9 Å². The summed E-state index contributed by atoms with van der Waals surface area (Å²) in [6.07, 6.45) is 2.46. The van der Waals surface area contributed by atoms with Crippen molar-refractivity contribution < 1.29 is 19.2 Å². The van der Waals surface area contributed by atoms with E-state index in [9.17, 15) is 9.90 Å². The zero-order valence-electron chi connectivity index (χ0n) is 17.1. The maximum absolute atomic E-state index is 13.1. The van der Waals surface area contributed by atoms with Crippen LogP contribution in [0.3, 0.4) is 0 Å². The maximum Gasteiger partial charge on any atom is 0.255 e. The number of fused-ring (bicyclic) bond motifs is 1. The Bertz CT molecular complexity index is 1010. The number of amides is 1. The third-order valence-electron chi connectivity index (χ3n) is 5.93. The van der Waals surface area contributed by atoms with Crippen LogP contribution in [0.2, 0.25) is 0 Å². The largest absolute Gasteiger partial charge is 0.507 e. The van der Waals surface area contributed by atoms with Crippen LogP contribution in [0.5, 0.6) is 5.75 Å². The Kier molecular flexibility index (Phi) is 5.58. The fourth-order valence-electron chi connectivity index (χ4n) is 4.49. The van der Waals surface area contributed by atoms with Gasteiger partial charge in [0.05, 0.1) is 24.2 Å². The Morgan fingerprint density at radius 3 is 2.79 bits per heavy atom. The van der Waals surface area contributed by atoms with E-state index < -0.39 is 0 Å². The Balaban J connectivity index is 1.65. The molecule has 3 N–H and O–H groups in total. The Morgan fingerprint density at radius 1 is 1.24 bits per heavy atom. The number of nitrogens with one attached hydrogen (secondary N) is 2. The first-order chi connectivity index (χ1) is 14.0. The minimum atomic E-state index is -0.168. The van der Waals surface area contributed by atoms with Gasteiger partial charge in [0.25, 0.3) is 5.91 Å². The van der Waals surface area contributed by atoms with Crippen LogP contribution in [0, 0.1) is 12.8 Å². The van der Waals surface area contributed by atoms with Gasteiger partial charge in [-0.2, -0.15) is 0 Å². The number of aryl methyl sites for hydroxylation is 1. The number of piperidine rings is 1. The molecular weight excluding hydrogens is 364 g/mol. The molecule has 2 atom stereocenters. The maximum atomic E-state index is 13.1. The lowest BCUT2D eigenvalue weighted by Gasteiger charge is -2.28. The molecule has 1 unspecified atom stereocenters. The van der Waals surface area contributed by atoms with E-state index in [1.807, 2.05) is 37.3 Å². The molecule has 1 aliphatic heterocycles. The molecule has 0 radical (unpaired) electrons. The average Bonchev–Trinajstić information content (AvgIpc) is 3.05. The van der Waals surface area contributed by atoms with Crippen LogP contribution < -0.4 is 10.2 Å². The number of quaternary nitrogens is 1. The van der Waals surface area contributed by atoms with Gasteiger partial charge in [0.15, 0.2) is 0 Å². The molecule has 4 rings (SSSR count). The number of aromatic hydroxyl groups is 1. The third-order valence-corrected chi connectivity index (χ3v) is 5.93. The van der Waals surface area contributed by atoms with Gasteiger partial charge in [-0.1, -0.05) is 37.3 Å². The number of phenolic OH excluding ortho intramolecular Hbond substituents is 1. The predicted octanol–water partition coefficient (Wildman–Crippen LogP) is 3.19. The molecule has 1 amide bonds. The standard InChI is InChI=1S/C24H28N2O3/c1-16-7-6-12-26(14-16)15-19-20(27)10-11-21-23(19)22(17(2)29-21)24(28)25-13-18-8-4-3-5-9-18/h3-5,8-11,16,27H,6-7,12-15H2,1-2H3,(H,25,28)/p+1/t16-/m1/s1. The SMILES string of the molecule is Cc1oc2ccc(O)c(C[NH+]3CCC[C@@H](C)C3)c2c1C(=O)NCc1ccccc1. The van der Waals surface area contributed by atoms with Crippen LogP contribution >= 0.6 is 0 Å². The molecule has 5 heteroatoms. The Labute approximate surface area is 171 Å². The van der Waals surface area contributed by atoms with Gasteiger partial charge in [-0.05, 0) is 37.5 Å². The number of carbonyl (C=O) groups excluding carboxylic acids is 1. The first-order valence-electron chi connectivity index (χ1n) is 10.4. The van der Waals surface area contributed by atoms with E-state index >= 15 is 0 Å². The monoisotopic (exact) mass is 393 g/mol. The smallest absolute Gasteiger partial charge is 0.255 e. The van der Waals surface area contributed by atoms with E-state index in [2.05, 4.69) is 12.2 Å². The zero-order chi connectivity index (χ0) is 20.4. The fourth-order valence-corrected chi connectivity index (χ4v) is 4.49. The van der Waals surface area contributed by atoms with Crippen molar-refractivity contribution in [3.05, 3.63) is 64.9 Å². The summed E-state index contributed by atoms with van der Waals surface area (Å²) in [5.41, 5.74) is 3.05. The second kappa shape index (κ2) is 8.29. The minimum absolute atomic E-state index is 0.168. The number of hydrogen-bond acceptors (Lipinski definition) is 3. The summed E-state index contributed by atoms with van der Waals surface area (Å²) in [6.45, 7) is 7.42. The molecule has 0 bridgehead atoms. The van der Waals surface area contributed by atoms with Gasteiger partial charge in [-0.3, -0.25) is 4.79 Å². The molecule has 0 saturated carbocycles. The fraction of sp³-hybridized carbons (Fsp3) is 0.375. The number of rotatable bonds is 5. The molecule has 152 valence electrons. The summed E-state index contributed by atoms with van der Waals surface area (Å²) >= 11 is 0. The second-order valence-electron chi connectivity index (χ2n) is 8.27. The lowest BCUT2D eigenvalue weighted by atomic mass is 9.98. The van der Waals surface area contributed by atoms with Crippen molar-refractivity contribution in [3.8, 4) is 5.75 Å². The molecule has 1 saturated heterocycles. The van der Waals surface area contributed by atoms with Crippen LogP contribution in [0.15, 0.2) is 46.9 Å². The van der Waals surface area contributed by atoms with Gasteiger partial charge in [0.2, 0.25) is 0 Å². The zero-order valence-corrected chi connectivity index (χ0v) is 17.1. The topological polar surface area (TPSA) is 66.9 Å². The molecule has 0 spiro atoms. The molecule has 2 aromatic carbocycles. The normalized spacial score (nSPS) is 19.4. The van der Waals surface area contributed by atoms with E-state index in [0.717, 1.165) is 29.6 Å². The van der Waals surface area contributed by atoms with Crippen molar-refractivity contribution in [2.24, 2.45) is 5.92 Å². The molecule has 3 aromatic rings. The number of likely N-dealkylation sites (tertiary alicyclic amines) is 1. The van der Waals surface area contributed by atoms with Crippen LogP contribution in [0.25, 0.3) is 11.0 Å². The number of hydrogen-bond donors (Lipinski definition) is 3. The second-order valence-corrected chi connectivity index (χ2v) is 8.27. The number of benzene rings is 2. The quantitative estimate of drug-likeness (QED) is 0.624. The van der Waals surface area contributed by atoms with E-state index in [-0.39, 0.29) is 11.7 Å². The van der Waals surface area contributed by atoms with Crippen molar-refractivity contribution in [1.29, 1.82) is 0 Å². The summed E-state index contributed by atoms with van der Waals surface area (Å²) in [7, 11) is 0. The van der Waals surface area contributed by atoms with Crippen molar-refractivity contribution in [1.82, 2.24) is 5.32 Å². The molecule has 0 aliphatic carbocycles. The minimum Gasteiger partial charge on any atom is -0.507 e. The Morgan fingerprint density at radius 2 is 2.03 bits per heavy atom. The predicted molar refractivity (Wildman–Crippen MR) is 113 cm³/mol. The van der Waals surface area contributed by atoms with Crippen molar-refractivity contribution in [3.63, 3.8) is 0 Å². The summed E-state index contributed by atoms with van der Waals surface area (Å²) in [5, 5.41) is 14.4. The van der Waals surface area contributed by atoms with Gasteiger partial charge in [-0.15, -0.1) is 0 Å². The summed E-state index contributed by atoms with van der Waals surface area (Å²) in [6, 6.07) is 13.3. The van der Waals surface area contributed by atoms with Crippen molar-refractivity contribution >= 4 is 16.9 Å². The van der Waals surface area contributed by atoms with Crippen LogP contribution in [-0.4, -0.2) is 24.1 Å². The molecule has 1 aromatic heterocycles. The number of furan rings is 1. The average molecular weight is 394 g/mol. The lowest BCUT2D eigenvalue weighted by Crippen LogP contribution is -3.12. The van der Waals surface area contributed by atoms with Crippen LogP contribution in [0.4, 0.5) is 0 Å². The van der Waals surface area contributed by atoms with Crippen molar-refractivity contribution in [2.45, 2.75) is 39.8 Å². The highest BCUT2D eigenvalue weighted by Gasteiger charge is 2.27. The van der Waals surface area contributed by atoms with Gasteiger partial charge in [-0.25, -0.2) is 0 Å². The van der Waals surface area contributed by atoms with Crippen LogP contribution in [-0.2, 0) is 13.1 Å². The molecule has 1 aliphatic rings. The summed E-state index contributed by atoms with van der Waals surface area (Å²) in [5.74, 6) is 1.33. The first-order valence-corrected chi connectivity index (χ1v) is 10.4. The highest BCUT2D eigenvalue weighted by Crippen LogP contribution is 2.33. The van der Waals surface area contributed by atoms with E-state index in [1.165, 1.54) is 17.7 Å². The summed E-state index contributed by atoms with van der Waals surface area (Å²) < 4.78 is 5.90. The summed E-state index contributed by atoms with van der Waals surface area (Å²) in [4.78, 5) is 14.5. The highest BCUT2D eigenvalue weighted by atomic mass is 16.3. The van der Waals surface area contributed by atoms with Crippen molar-refractivity contribution in [2.75, 3.05) is 13.1 Å². The van der Waals surface area contributed by atoms with Gasteiger partial charge in [0.1, 0.15) is 23.6 Å². The van der Waals surface area contributed by atoms with E-state index in [4.69, 9.17) is 4.42 Å². The molecule has 1 fully saturated rings. The molecule has 2 heterocycles. The molecular formula is C24H29N2O3+. The van der Waals surface area contributed by atoms with Gasteiger partial charge in [0, 0.05) is 17.8 Å². The van der Waals surface area contributed by atoms with Gasteiger partial charge >= 0.3 is 0 Å². The first kappa shape index (κ1) is 19.5. The Hall–Kier alpha value is -2.79. The number of phenols is 1. The number of carbonyl (C=O) groups is 1. The lowest BCUT2D eigenvalue weighted by molar-refractivity contribution is -0.922. The van der Waals surface area contributed by atoms with Crippen LogP contribution in [0.1, 0.15) is 47.0 Å². The third kappa shape index (κ3) is 4.15. The van der Waals surface area contributed by atoms with E-state index in [1.54, 1.807) is 12.1 Å². The van der Waals surface area contributed by atoms with Gasteiger partial charge < -0.3 is 19.7 Å². The highest BCUT2D eigenvalue weighted by molar-refractivity contribution is 6.08. The molecule has 29 heavy (non-hydrogen) atoms. The molecule has 5 nitrogen and oxygen atoms in total.